The van der Waals surface area contributed by atoms with Crippen molar-refractivity contribution < 1.29 is 4.52 Å². The number of hydrogen-bond acceptors (Lipinski definition) is 6. The number of hydrogen-bond donors (Lipinski definition) is 0. The van der Waals surface area contributed by atoms with Gasteiger partial charge in [0.05, 0.1) is 6.33 Å². The molecule has 8 heteroatoms. The van der Waals surface area contributed by atoms with Crippen molar-refractivity contribution in [1.29, 1.82) is 0 Å². The summed E-state index contributed by atoms with van der Waals surface area (Å²) in [5.74, 6) is 2.49. The highest BCUT2D eigenvalue weighted by molar-refractivity contribution is 5.71. The molecule has 6 rings (SSSR count). The molecule has 0 N–H and O–H groups in total. The van der Waals surface area contributed by atoms with Crippen LogP contribution in [0, 0.1) is 18.8 Å². The second-order valence-corrected chi connectivity index (χ2v) is 8.28. The standard InChI is InChI=1S/C22H20N6O2/c1-12-3-5-13(6-4-12)14-7-15-16(8-14)18(15)20-25-17(30-26-20)9-28-11-24-21-19(22(28)29)27(2)10-23-21/h3-7,10-11,15-16,18H,8-9H2,1-2H3/t15-,16+,18+/m0/s1. The zero-order valence-corrected chi connectivity index (χ0v) is 16.7. The van der Waals surface area contributed by atoms with Crippen LogP contribution in [0.1, 0.15) is 35.2 Å². The second kappa shape index (κ2) is 6.22. The van der Waals surface area contributed by atoms with Gasteiger partial charge in [0.15, 0.2) is 17.0 Å². The lowest BCUT2D eigenvalue weighted by molar-refractivity contribution is 0.364. The predicted octanol–water partition coefficient (Wildman–Crippen LogP) is 2.69. The van der Waals surface area contributed by atoms with Gasteiger partial charge in [-0.05, 0) is 36.3 Å². The van der Waals surface area contributed by atoms with Crippen LogP contribution in [-0.4, -0.2) is 29.2 Å². The Morgan fingerprint density at radius 3 is 2.73 bits per heavy atom. The molecule has 0 unspecified atom stereocenters. The lowest BCUT2D eigenvalue weighted by atomic mass is 10.00. The normalized spacial score (nSPS) is 22.3. The van der Waals surface area contributed by atoms with Crippen LogP contribution < -0.4 is 5.56 Å². The van der Waals surface area contributed by atoms with Gasteiger partial charge in [0.2, 0.25) is 5.89 Å². The highest BCUT2D eigenvalue weighted by Gasteiger charge is 2.55. The van der Waals surface area contributed by atoms with Crippen LogP contribution >= 0.6 is 0 Å². The molecule has 0 spiro atoms. The van der Waals surface area contributed by atoms with Crippen LogP contribution in [0.2, 0.25) is 0 Å². The average molecular weight is 400 g/mol. The van der Waals surface area contributed by atoms with Crippen molar-refractivity contribution >= 4 is 16.7 Å². The monoisotopic (exact) mass is 400 g/mol. The molecule has 30 heavy (non-hydrogen) atoms. The van der Waals surface area contributed by atoms with Gasteiger partial charge in [-0.25, -0.2) is 9.97 Å². The van der Waals surface area contributed by atoms with Crippen molar-refractivity contribution in [2.24, 2.45) is 18.9 Å². The third-order valence-corrected chi connectivity index (χ3v) is 6.29. The Balaban J connectivity index is 1.20. The van der Waals surface area contributed by atoms with Gasteiger partial charge in [0.1, 0.15) is 12.9 Å². The van der Waals surface area contributed by atoms with Gasteiger partial charge < -0.3 is 9.09 Å². The molecule has 4 aromatic rings. The van der Waals surface area contributed by atoms with Crippen LogP contribution in [0.5, 0.6) is 0 Å². The van der Waals surface area contributed by atoms with Gasteiger partial charge in [-0.1, -0.05) is 41.1 Å². The molecule has 3 aromatic heterocycles. The van der Waals surface area contributed by atoms with E-state index in [1.165, 1.54) is 27.6 Å². The Morgan fingerprint density at radius 2 is 1.97 bits per heavy atom. The fourth-order valence-electron chi connectivity index (χ4n) is 4.59. The van der Waals surface area contributed by atoms with Gasteiger partial charge in [-0.15, -0.1) is 0 Å². The van der Waals surface area contributed by atoms with Crippen LogP contribution in [0.3, 0.4) is 0 Å². The maximum atomic E-state index is 12.7. The third kappa shape index (κ3) is 2.63. The van der Waals surface area contributed by atoms with Gasteiger partial charge in [-0.3, -0.25) is 9.36 Å². The quantitative estimate of drug-likeness (QED) is 0.523. The molecule has 0 amide bonds. The molecule has 3 heterocycles. The number of benzene rings is 1. The Bertz CT molecular complexity index is 1360. The highest BCUT2D eigenvalue weighted by atomic mass is 16.5. The van der Waals surface area contributed by atoms with Crippen molar-refractivity contribution in [1.82, 2.24) is 29.2 Å². The second-order valence-electron chi connectivity index (χ2n) is 8.28. The molecule has 0 radical (unpaired) electrons. The summed E-state index contributed by atoms with van der Waals surface area (Å²) in [6, 6.07) is 8.70. The molecular weight excluding hydrogens is 380 g/mol. The summed E-state index contributed by atoms with van der Waals surface area (Å²) in [5, 5.41) is 4.20. The first kappa shape index (κ1) is 17.3. The highest BCUT2D eigenvalue weighted by Crippen LogP contribution is 2.62. The van der Waals surface area contributed by atoms with Gasteiger partial charge in [0.25, 0.3) is 5.56 Å². The summed E-state index contributed by atoms with van der Waals surface area (Å²) >= 11 is 0. The molecule has 3 atom stereocenters. The van der Waals surface area contributed by atoms with E-state index in [-0.39, 0.29) is 12.1 Å². The first-order valence-corrected chi connectivity index (χ1v) is 10.0. The van der Waals surface area contributed by atoms with Gasteiger partial charge in [0, 0.05) is 13.0 Å². The maximum absolute atomic E-state index is 12.7. The van der Waals surface area contributed by atoms with E-state index in [0.29, 0.717) is 34.8 Å². The lowest BCUT2D eigenvalue weighted by Gasteiger charge is -2.06. The predicted molar refractivity (Wildman–Crippen MR) is 110 cm³/mol. The summed E-state index contributed by atoms with van der Waals surface area (Å²) < 4.78 is 8.59. The SMILES string of the molecule is Cc1ccc(C2=C[C@H]3[C@@H](C2)[C@@H]3c2noc(Cn3cnc4ncn(C)c4c3=O)n2)cc1. The van der Waals surface area contributed by atoms with Crippen LogP contribution in [0.25, 0.3) is 16.7 Å². The lowest BCUT2D eigenvalue weighted by Crippen LogP contribution is -2.22. The van der Waals surface area contributed by atoms with E-state index in [1.807, 2.05) is 0 Å². The minimum absolute atomic E-state index is 0.172. The number of fused-ring (bicyclic) bond motifs is 2. The van der Waals surface area contributed by atoms with E-state index in [2.05, 4.69) is 57.4 Å². The van der Waals surface area contributed by atoms with E-state index in [0.717, 1.165) is 12.2 Å². The summed E-state index contributed by atoms with van der Waals surface area (Å²) in [4.78, 5) is 25.6. The molecule has 1 fully saturated rings. The Hall–Kier alpha value is -3.55. The van der Waals surface area contributed by atoms with E-state index < -0.39 is 0 Å². The van der Waals surface area contributed by atoms with Crippen LogP contribution in [0.15, 0.2) is 52.3 Å². The summed E-state index contributed by atoms with van der Waals surface area (Å²) in [7, 11) is 1.78. The minimum atomic E-state index is -0.172. The van der Waals surface area contributed by atoms with Crippen molar-refractivity contribution in [3.05, 3.63) is 76.2 Å². The van der Waals surface area contributed by atoms with Gasteiger partial charge >= 0.3 is 0 Å². The van der Waals surface area contributed by atoms with E-state index in [1.54, 1.807) is 17.9 Å². The Labute approximate surface area is 171 Å². The number of aromatic nitrogens is 6. The van der Waals surface area contributed by atoms with Crippen molar-refractivity contribution in [3.8, 4) is 0 Å². The fourth-order valence-corrected chi connectivity index (χ4v) is 4.59. The smallest absolute Gasteiger partial charge is 0.280 e. The summed E-state index contributed by atoms with van der Waals surface area (Å²) in [6.07, 6.45) is 6.46. The first-order chi connectivity index (χ1) is 14.6. The number of aryl methyl sites for hydroxylation is 2. The van der Waals surface area contributed by atoms with Crippen molar-refractivity contribution in [3.63, 3.8) is 0 Å². The zero-order chi connectivity index (χ0) is 20.4. The van der Waals surface area contributed by atoms with Crippen LogP contribution in [-0.2, 0) is 13.6 Å². The average Bonchev–Trinajstić information content (AvgIpc) is 3.16. The van der Waals surface area contributed by atoms with E-state index in [9.17, 15) is 4.79 Å². The molecule has 0 saturated heterocycles. The molecule has 1 saturated carbocycles. The Kier molecular flexibility index (Phi) is 3.59. The fraction of sp³-hybridized carbons (Fsp3) is 0.318. The zero-order valence-electron chi connectivity index (χ0n) is 16.7. The number of nitrogens with zero attached hydrogens (tertiary/aromatic N) is 6. The Morgan fingerprint density at radius 1 is 1.17 bits per heavy atom. The summed E-state index contributed by atoms with van der Waals surface area (Å²) in [6.45, 7) is 2.31. The van der Waals surface area contributed by atoms with Crippen molar-refractivity contribution in [2.45, 2.75) is 25.8 Å². The molecule has 0 bridgehead atoms. The maximum Gasteiger partial charge on any atom is 0.280 e. The summed E-state index contributed by atoms with van der Waals surface area (Å²) in [5.41, 5.74) is 4.71. The topological polar surface area (TPSA) is 91.6 Å². The number of rotatable bonds is 4. The molecule has 1 aromatic carbocycles. The molecule has 8 nitrogen and oxygen atoms in total. The number of allylic oxidation sites excluding steroid dienone is 2. The van der Waals surface area contributed by atoms with E-state index >= 15 is 0 Å². The molecule has 0 aliphatic heterocycles. The van der Waals surface area contributed by atoms with Crippen LogP contribution in [0.4, 0.5) is 0 Å². The number of imidazole rings is 1. The molecule has 150 valence electrons. The van der Waals surface area contributed by atoms with E-state index in [4.69, 9.17) is 4.52 Å². The van der Waals surface area contributed by atoms with Gasteiger partial charge in [-0.2, -0.15) is 4.98 Å². The minimum Gasteiger partial charge on any atom is -0.337 e. The third-order valence-electron chi connectivity index (χ3n) is 6.29. The van der Waals surface area contributed by atoms with Crippen molar-refractivity contribution in [2.75, 3.05) is 0 Å². The molecule has 2 aliphatic rings. The molecular formula is C22H20N6O2. The largest absolute Gasteiger partial charge is 0.337 e. The molecule has 2 aliphatic carbocycles. The first-order valence-electron chi connectivity index (χ1n) is 10.0.